The van der Waals surface area contributed by atoms with E-state index in [1.54, 1.807) is 0 Å². The van der Waals surface area contributed by atoms with Crippen molar-refractivity contribution in [1.29, 1.82) is 0 Å². The van der Waals surface area contributed by atoms with E-state index in [2.05, 4.69) is 85.0 Å². The number of hydrogen-bond donors (Lipinski definition) is 0. The summed E-state index contributed by atoms with van der Waals surface area (Å²) >= 11 is 17.5. The average molecular weight is 495 g/mol. The van der Waals surface area contributed by atoms with E-state index in [-0.39, 0.29) is 5.41 Å². The molecule has 112 valence electrons. The van der Waals surface area contributed by atoms with Crippen molar-refractivity contribution in [1.82, 2.24) is 0 Å². The lowest BCUT2D eigenvalue weighted by Crippen LogP contribution is -2.33. The Hall–Kier alpha value is 0.170. The van der Waals surface area contributed by atoms with Gasteiger partial charge in [-0.05, 0) is 42.2 Å². The molecule has 0 saturated carbocycles. The maximum absolute atomic E-state index is 6.43. The van der Waals surface area contributed by atoms with Crippen LogP contribution in [-0.2, 0) is 11.8 Å². The van der Waals surface area contributed by atoms with Gasteiger partial charge in [-0.1, -0.05) is 89.7 Å². The van der Waals surface area contributed by atoms with Crippen LogP contribution < -0.4 is 0 Å². The molecule has 0 spiro atoms. The first kappa shape index (κ1) is 17.5. The summed E-state index contributed by atoms with van der Waals surface area (Å²) in [5.74, 6) is 0. The molecule has 4 heteroatoms. The first-order chi connectivity index (χ1) is 10.0. The van der Waals surface area contributed by atoms with Gasteiger partial charge in [0.25, 0.3) is 0 Å². The standard InChI is InChI=1S/C17H16Br3Cl/c1-12-6-7-13(16(21)8-12)9-17(10-18,11-19)14-4-2-3-5-15(14)20/h2-8H,9-11H2,1H3. The first-order valence-corrected chi connectivity index (χ1v) is 10.1. The van der Waals surface area contributed by atoms with Gasteiger partial charge in [0.05, 0.1) is 0 Å². The average Bonchev–Trinajstić information content (AvgIpc) is 2.48. The Kier molecular flexibility index (Phi) is 6.37. The van der Waals surface area contributed by atoms with Gasteiger partial charge >= 0.3 is 0 Å². The molecule has 2 rings (SSSR count). The molecule has 0 aliphatic rings. The van der Waals surface area contributed by atoms with E-state index < -0.39 is 0 Å². The van der Waals surface area contributed by atoms with Crippen LogP contribution in [0.25, 0.3) is 0 Å². The largest absolute Gasteiger partial charge is 0.0918 e. The SMILES string of the molecule is Cc1ccc(CC(CBr)(CBr)c2ccccc2Br)c(Cl)c1. The third-order valence-electron chi connectivity index (χ3n) is 3.69. The molecule has 2 aromatic rings. The van der Waals surface area contributed by atoms with Crippen molar-refractivity contribution in [2.75, 3.05) is 10.7 Å². The van der Waals surface area contributed by atoms with Crippen molar-refractivity contribution in [3.05, 3.63) is 68.7 Å². The molecule has 21 heavy (non-hydrogen) atoms. The van der Waals surface area contributed by atoms with Crippen LogP contribution in [0.2, 0.25) is 5.02 Å². The molecule has 0 aromatic heterocycles. The van der Waals surface area contributed by atoms with Crippen molar-refractivity contribution < 1.29 is 0 Å². The maximum Gasteiger partial charge on any atom is 0.0440 e. The normalized spacial score (nSPS) is 11.7. The van der Waals surface area contributed by atoms with Gasteiger partial charge in [0, 0.05) is 25.6 Å². The minimum Gasteiger partial charge on any atom is -0.0918 e. The quantitative estimate of drug-likeness (QED) is 0.406. The highest BCUT2D eigenvalue weighted by Gasteiger charge is 2.32. The topological polar surface area (TPSA) is 0 Å². The minimum atomic E-state index is -0.0427. The highest BCUT2D eigenvalue weighted by atomic mass is 79.9. The van der Waals surface area contributed by atoms with Crippen molar-refractivity contribution >= 4 is 59.4 Å². The number of alkyl halides is 2. The summed E-state index contributed by atoms with van der Waals surface area (Å²) in [6.45, 7) is 2.06. The van der Waals surface area contributed by atoms with Crippen LogP contribution in [0.1, 0.15) is 16.7 Å². The van der Waals surface area contributed by atoms with Gasteiger partial charge in [-0.15, -0.1) is 0 Å². The van der Waals surface area contributed by atoms with Crippen LogP contribution in [-0.4, -0.2) is 10.7 Å². The van der Waals surface area contributed by atoms with Gasteiger partial charge in [-0.2, -0.15) is 0 Å². The molecule has 0 N–H and O–H groups in total. The molecule has 0 aliphatic carbocycles. The highest BCUT2D eigenvalue weighted by Crippen LogP contribution is 2.38. The van der Waals surface area contributed by atoms with E-state index in [1.165, 1.54) is 16.7 Å². The molecular formula is C17H16Br3Cl. The fourth-order valence-corrected chi connectivity index (χ4v) is 5.36. The van der Waals surface area contributed by atoms with E-state index in [0.29, 0.717) is 0 Å². The Bertz CT molecular complexity index is 621. The zero-order valence-corrected chi connectivity index (χ0v) is 17.2. The summed E-state index contributed by atoms with van der Waals surface area (Å²) in [6.07, 6.45) is 0.880. The first-order valence-electron chi connectivity index (χ1n) is 6.64. The Morgan fingerprint density at radius 1 is 1.05 bits per heavy atom. The summed E-state index contributed by atoms with van der Waals surface area (Å²) in [4.78, 5) is 0. The minimum absolute atomic E-state index is 0.0427. The summed E-state index contributed by atoms with van der Waals surface area (Å²) in [5, 5.41) is 2.56. The summed E-state index contributed by atoms with van der Waals surface area (Å²) in [5.41, 5.74) is 3.61. The van der Waals surface area contributed by atoms with Gasteiger partial charge in [-0.3, -0.25) is 0 Å². The molecular weight excluding hydrogens is 479 g/mol. The zero-order chi connectivity index (χ0) is 15.5. The van der Waals surface area contributed by atoms with E-state index in [1.807, 2.05) is 12.1 Å². The molecule has 0 saturated heterocycles. The number of aryl methyl sites for hydroxylation is 1. The second kappa shape index (κ2) is 7.63. The molecule has 0 nitrogen and oxygen atoms in total. The lowest BCUT2D eigenvalue weighted by molar-refractivity contribution is 0.548. The molecule has 0 aliphatic heterocycles. The number of benzene rings is 2. The Labute approximate surface area is 156 Å². The molecule has 0 unspecified atom stereocenters. The van der Waals surface area contributed by atoms with Gasteiger partial charge in [0.2, 0.25) is 0 Å². The fourth-order valence-electron chi connectivity index (χ4n) is 2.42. The predicted molar refractivity (Wildman–Crippen MR) is 103 cm³/mol. The third-order valence-corrected chi connectivity index (χ3v) is 6.88. The van der Waals surface area contributed by atoms with Crippen LogP contribution >= 0.6 is 59.4 Å². The summed E-state index contributed by atoms with van der Waals surface area (Å²) in [6, 6.07) is 14.7. The maximum atomic E-state index is 6.43. The lowest BCUT2D eigenvalue weighted by Gasteiger charge is -2.32. The summed E-state index contributed by atoms with van der Waals surface area (Å²) < 4.78 is 1.13. The molecule has 0 bridgehead atoms. The van der Waals surface area contributed by atoms with Crippen molar-refractivity contribution in [3.8, 4) is 0 Å². The van der Waals surface area contributed by atoms with E-state index in [0.717, 1.165) is 26.6 Å². The molecule has 0 fully saturated rings. The third kappa shape index (κ3) is 3.93. The number of hydrogen-bond acceptors (Lipinski definition) is 0. The molecule has 0 amide bonds. The van der Waals surface area contributed by atoms with Crippen LogP contribution in [0.5, 0.6) is 0 Å². The van der Waals surface area contributed by atoms with Crippen molar-refractivity contribution in [2.24, 2.45) is 0 Å². The molecule has 0 heterocycles. The summed E-state index contributed by atoms with van der Waals surface area (Å²) in [7, 11) is 0. The molecule has 2 aromatic carbocycles. The van der Waals surface area contributed by atoms with Crippen LogP contribution in [0.3, 0.4) is 0 Å². The monoisotopic (exact) mass is 492 g/mol. The number of rotatable bonds is 5. The van der Waals surface area contributed by atoms with E-state index in [4.69, 9.17) is 11.6 Å². The van der Waals surface area contributed by atoms with Gasteiger partial charge in [0.15, 0.2) is 0 Å². The van der Waals surface area contributed by atoms with E-state index >= 15 is 0 Å². The Morgan fingerprint density at radius 3 is 2.29 bits per heavy atom. The van der Waals surface area contributed by atoms with Crippen molar-refractivity contribution in [2.45, 2.75) is 18.8 Å². The van der Waals surface area contributed by atoms with Gasteiger partial charge < -0.3 is 0 Å². The predicted octanol–water partition coefficient (Wildman–Crippen LogP) is 6.68. The van der Waals surface area contributed by atoms with Crippen LogP contribution in [0.15, 0.2) is 46.9 Å². The molecule has 0 atom stereocenters. The lowest BCUT2D eigenvalue weighted by atomic mass is 9.79. The van der Waals surface area contributed by atoms with Gasteiger partial charge in [0.1, 0.15) is 0 Å². The second-order valence-electron chi connectivity index (χ2n) is 5.30. The van der Waals surface area contributed by atoms with Crippen molar-refractivity contribution in [3.63, 3.8) is 0 Å². The second-order valence-corrected chi connectivity index (χ2v) is 7.68. The van der Waals surface area contributed by atoms with Gasteiger partial charge in [-0.25, -0.2) is 0 Å². The number of halogens is 4. The smallest absolute Gasteiger partial charge is 0.0440 e. The Balaban J connectivity index is 2.46. The molecule has 0 radical (unpaired) electrons. The Morgan fingerprint density at radius 2 is 1.71 bits per heavy atom. The van der Waals surface area contributed by atoms with Crippen LogP contribution in [0.4, 0.5) is 0 Å². The fraction of sp³-hybridized carbons (Fsp3) is 0.294. The zero-order valence-electron chi connectivity index (χ0n) is 11.7. The van der Waals surface area contributed by atoms with Crippen LogP contribution in [0, 0.1) is 6.92 Å². The highest BCUT2D eigenvalue weighted by molar-refractivity contribution is 9.10. The van der Waals surface area contributed by atoms with E-state index in [9.17, 15) is 0 Å².